The molecule has 18 heavy (non-hydrogen) atoms. The number of carbonyl (C=O) groups excluding carboxylic acids is 2. The van der Waals surface area contributed by atoms with E-state index in [9.17, 15) is 9.59 Å². The number of fused-ring (bicyclic) bond motifs is 1. The number of rotatable bonds is 1. The predicted octanol–water partition coefficient (Wildman–Crippen LogP) is 2.91. The highest BCUT2D eigenvalue weighted by atomic mass is 79.9. The van der Waals surface area contributed by atoms with Crippen LogP contribution in [0.2, 0.25) is 0 Å². The minimum absolute atomic E-state index is 0.0182. The first-order chi connectivity index (χ1) is 8.66. The second kappa shape index (κ2) is 4.21. The van der Waals surface area contributed by atoms with Crippen LogP contribution in [0.4, 0.5) is 5.69 Å². The number of anilines is 1. The van der Waals surface area contributed by atoms with E-state index < -0.39 is 0 Å². The van der Waals surface area contributed by atoms with Crippen molar-refractivity contribution < 1.29 is 9.59 Å². The van der Waals surface area contributed by atoms with Gasteiger partial charge in [0.05, 0.1) is 18.7 Å². The van der Waals surface area contributed by atoms with Crippen molar-refractivity contribution in [3.63, 3.8) is 0 Å². The fraction of sp³-hybridized carbons (Fsp3) is 0.143. The van der Waals surface area contributed by atoms with Crippen molar-refractivity contribution in [2.75, 3.05) is 11.4 Å². The Balaban J connectivity index is 2.21. The van der Waals surface area contributed by atoms with Crippen molar-refractivity contribution in [3.8, 4) is 0 Å². The molecule has 0 saturated carbocycles. The molecule has 2 aromatic rings. The van der Waals surface area contributed by atoms with Crippen LogP contribution < -0.4 is 4.90 Å². The lowest BCUT2D eigenvalue weighted by Gasteiger charge is -2.17. The summed E-state index contributed by atoms with van der Waals surface area (Å²) in [6.45, 7) is 0.185. The smallest absolute Gasteiger partial charge is 0.234 e. The molecule has 90 valence electrons. The topological polar surface area (TPSA) is 37.4 Å². The molecule has 1 fully saturated rings. The summed E-state index contributed by atoms with van der Waals surface area (Å²) in [6.07, 6.45) is 0.0182. The van der Waals surface area contributed by atoms with Crippen molar-refractivity contribution in [2.24, 2.45) is 0 Å². The molecule has 3 rings (SSSR count). The number of halogens is 1. The first-order valence-corrected chi connectivity index (χ1v) is 6.45. The third-order valence-corrected chi connectivity index (χ3v) is 3.81. The number of nitrogens with zero attached hydrogens (tertiary/aromatic N) is 1. The molecule has 0 aliphatic carbocycles. The first kappa shape index (κ1) is 11.4. The number of Topliss-reactive ketones (excluding diaryl/α,β-unsaturated/α-hetero) is 1. The van der Waals surface area contributed by atoms with E-state index in [1.807, 2.05) is 36.4 Å². The van der Waals surface area contributed by atoms with Gasteiger partial charge in [0.2, 0.25) is 5.91 Å². The van der Waals surface area contributed by atoms with Gasteiger partial charge in [-0.2, -0.15) is 0 Å². The molecule has 0 unspecified atom stereocenters. The molecule has 2 aromatic carbocycles. The van der Waals surface area contributed by atoms with Crippen LogP contribution in [0.5, 0.6) is 0 Å². The van der Waals surface area contributed by atoms with E-state index in [4.69, 9.17) is 0 Å². The molecule has 0 N–H and O–H groups in total. The zero-order valence-corrected chi connectivity index (χ0v) is 11.1. The second-order valence-corrected chi connectivity index (χ2v) is 5.16. The Morgan fingerprint density at radius 1 is 1.00 bits per heavy atom. The molecule has 1 aliphatic heterocycles. The summed E-state index contributed by atoms with van der Waals surface area (Å²) in [5.74, 6) is -0.139. The molecule has 4 heteroatoms. The van der Waals surface area contributed by atoms with E-state index in [-0.39, 0.29) is 24.7 Å². The Labute approximate surface area is 113 Å². The molecule has 1 aliphatic rings. The van der Waals surface area contributed by atoms with Crippen LogP contribution in [0.1, 0.15) is 6.42 Å². The largest absolute Gasteiger partial charge is 0.304 e. The summed E-state index contributed by atoms with van der Waals surface area (Å²) >= 11 is 3.50. The molecular weight excluding hydrogens is 294 g/mol. The van der Waals surface area contributed by atoms with E-state index in [1.165, 1.54) is 0 Å². The van der Waals surface area contributed by atoms with Gasteiger partial charge in [0.1, 0.15) is 0 Å². The number of hydrogen-bond donors (Lipinski definition) is 0. The number of hydrogen-bond acceptors (Lipinski definition) is 2. The number of ketones is 1. The predicted molar refractivity (Wildman–Crippen MR) is 73.6 cm³/mol. The zero-order chi connectivity index (χ0) is 12.7. The van der Waals surface area contributed by atoms with Crippen molar-refractivity contribution >= 4 is 44.1 Å². The fourth-order valence-electron chi connectivity index (χ4n) is 2.29. The molecular formula is C14H10BrNO2. The molecule has 1 heterocycles. The van der Waals surface area contributed by atoms with Crippen LogP contribution in [-0.2, 0) is 9.59 Å². The standard InChI is InChI=1S/C14H10BrNO2/c15-12-5-6-13(11-4-2-1-3-10(11)12)16-8-9(17)7-14(16)18/h1-6H,7-8H2. The van der Waals surface area contributed by atoms with Crippen LogP contribution in [0.3, 0.4) is 0 Å². The van der Waals surface area contributed by atoms with Crippen molar-refractivity contribution in [3.05, 3.63) is 40.9 Å². The summed E-state index contributed by atoms with van der Waals surface area (Å²) in [5, 5.41) is 2.03. The SMILES string of the molecule is O=C1CC(=O)N(c2ccc(Br)c3ccccc23)C1. The average Bonchev–Trinajstić information content (AvgIpc) is 2.69. The Kier molecular flexibility index (Phi) is 2.67. The van der Waals surface area contributed by atoms with Gasteiger partial charge in [-0.3, -0.25) is 9.59 Å². The quantitative estimate of drug-likeness (QED) is 0.760. The lowest BCUT2D eigenvalue weighted by atomic mass is 10.1. The van der Waals surface area contributed by atoms with E-state index in [0.29, 0.717) is 0 Å². The van der Waals surface area contributed by atoms with E-state index in [1.54, 1.807) is 4.90 Å². The van der Waals surface area contributed by atoms with Gasteiger partial charge in [-0.25, -0.2) is 0 Å². The average molecular weight is 304 g/mol. The highest BCUT2D eigenvalue weighted by Crippen LogP contribution is 2.33. The van der Waals surface area contributed by atoms with Gasteiger partial charge in [-0.1, -0.05) is 40.2 Å². The summed E-state index contributed by atoms with van der Waals surface area (Å²) < 4.78 is 0.986. The molecule has 0 aromatic heterocycles. The Morgan fingerprint density at radius 3 is 2.39 bits per heavy atom. The molecule has 0 atom stereocenters. The lowest BCUT2D eigenvalue weighted by Crippen LogP contribution is -2.24. The highest BCUT2D eigenvalue weighted by Gasteiger charge is 2.29. The monoisotopic (exact) mass is 303 g/mol. The van der Waals surface area contributed by atoms with Crippen LogP contribution in [0, 0.1) is 0 Å². The minimum Gasteiger partial charge on any atom is -0.304 e. The Morgan fingerprint density at radius 2 is 1.72 bits per heavy atom. The van der Waals surface area contributed by atoms with E-state index >= 15 is 0 Å². The van der Waals surface area contributed by atoms with E-state index in [2.05, 4.69) is 15.9 Å². The summed E-state index contributed by atoms with van der Waals surface area (Å²) in [4.78, 5) is 24.7. The Bertz CT molecular complexity index is 666. The molecule has 1 amide bonds. The van der Waals surface area contributed by atoms with Crippen molar-refractivity contribution in [1.82, 2.24) is 0 Å². The summed E-state index contributed by atoms with van der Waals surface area (Å²) in [5.41, 5.74) is 0.810. The van der Waals surface area contributed by atoms with E-state index in [0.717, 1.165) is 20.9 Å². The second-order valence-electron chi connectivity index (χ2n) is 4.31. The lowest BCUT2D eigenvalue weighted by molar-refractivity contribution is -0.121. The van der Waals surface area contributed by atoms with Gasteiger partial charge in [0.15, 0.2) is 5.78 Å². The van der Waals surface area contributed by atoms with Crippen LogP contribution in [0.25, 0.3) is 10.8 Å². The molecule has 3 nitrogen and oxygen atoms in total. The van der Waals surface area contributed by atoms with Gasteiger partial charge >= 0.3 is 0 Å². The molecule has 0 bridgehead atoms. The zero-order valence-electron chi connectivity index (χ0n) is 9.52. The minimum atomic E-state index is -0.118. The van der Waals surface area contributed by atoms with Gasteiger partial charge in [0.25, 0.3) is 0 Å². The maximum Gasteiger partial charge on any atom is 0.234 e. The third-order valence-electron chi connectivity index (χ3n) is 3.12. The maximum atomic E-state index is 11.8. The molecule has 0 spiro atoms. The van der Waals surface area contributed by atoms with Crippen molar-refractivity contribution in [2.45, 2.75) is 6.42 Å². The van der Waals surface area contributed by atoms with Crippen molar-refractivity contribution in [1.29, 1.82) is 0 Å². The van der Waals surface area contributed by atoms with Crippen LogP contribution in [0.15, 0.2) is 40.9 Å². The number of amides is 1. The van der Waals surface area contributed by atoms with Gasteiger partial charge in [0, 0.05) is 9.86 Å². The molecule has 0 radical (unpaired) electrons. The Hall–Kier alpha value is -1.68. The van der Waals surface area contributed by atoms with Crippen LogP contribution >= 0.6 is 15.9 Å². The normalized spacial score (nSPS) is 15.7. The van der Waals surface area contributed by atoms with Gasteiger partial charge in [-0.15, -0.1) is 0 Å². The third kappa shape index (κ3) is 1.73. The molecule has 1 saturated heterocycles. The maximum absolute atomic E-state index is 11.8. The first-order valence-electron chi connectivity index (χ1n) is 5.66. The number of carbonyl (C=O) groups is 2. The fourth-order valence-corrected chi connectivity index (χ4v) is 2.76. The summed E-state index contributed by atoms with van der Waals surface area (Å²) in [7, 11) is 0. The number of benzene rings is 2. The van der Waals surface area contributed by atoms with Gasteiger partial charge in [-0.05, 0) is 17.5 Å². The van der Waals surface area contributed by atoms with Crippen LogP contribution in [-0.4, -0.2) is 18.2 Å². The summed E-state index contributed by atoms with van der Waals surface area (Å²) in [6, 6.07) is 11.6. The highest BCUT2D eigenvalue weighted by molar-refractivity contribution is 9.10. The van der Waals surface area contributed by atoms with Gasteiger partial charge < -0.3 is 4.90 Å².